The number of rotatable bonds is 3. The van der Waals surface area contributed by atoms with E-state index in [-0.39, 0.29) is 10.8 Å². The molecule has 0 spiro atoms. The SMILES string of the molecule is O=C(Nc1ccc(C(=O)O)s1)c1ccc(Br)c(Cl)c1. The fourth-order valence-electron chi connectivity index (χ4n) is 1.34. The first kappa shape index (κ1) is 14.0. The van der Waals surface area contributed by atoms with Crippen LogP contribution in [0.4, 0.5) is 5.00 Å². The lowest BCUT2D eigenvalue weighted by atomic mass is 10.2. The van der Waals surface area contributed by atoms with Crippen LogP contribution in [0.5, 0.6) is 0 Å². The molecule has 4 nitrogen and oxygen atoms in total. The van der Waals surface area contributed by atoms with Gasteiger partial charge in [0.1, 0.15) is 4.88 Å². The molecule has 7 heteroatoms. The molecule has 0 atom stereocenters. The van der Waals surface area contributed by atoms with Gasteiger partial charge in [0.15, 0.2) is 0 Å². The van der Waals surface area contributed by atoms with Gasteiger partial charge in [-0.3, -0.25) is 4.79 Å². The van der Waals surface area contributed by atoms with Gasteiger partial charge in [-0.05, 0) is 46.3 Å². The Morgan fingerprint density at radius 1 is 1.26 bits per heavy atom. The molecule has 1 amide bonds. The smallest absolute Gasteiger partial charge is 0.345 e. The summed E-state index contributed by atoms with van der Waals surface area (Å²) in [5, 5.41) is 12.3. The zero-order valence-electron chi connectivity index (χ0n) is 9.31. The summed E-state index contributed by atoms with van der Waals surface area (Å²) < 4.78 is 0.704. The van der Waals surface area contributed by atoms with Gasteiger partial charge in [-0.25, -0.2) is 4.79 Å². The molecule has 0 aliphatic rings. The number of thiophene rings is 1. The van der Waals surface area contributed by atoms with Crippen LogP contribution < -0.4 is 5.32 Å². The van der Waals surface area contributed by atoms with E-state index < -0.39 is 5.97 Å². The number of benzene rings is 1. The third-order valence-electron chi connectivity index (χ3n) is 2.24. The van der Waals surface area contributed by atoms with Gasteiger partial charge in [0.25, 0.3) is 5.91 Å². The van der Waals surface area contributed by atoms with Crippen molar-refractivity contribution in [3.8, 4) is 0 Å². The number of nitrogens with one attached hydrogen (secondary N) is 1. The van der Waals surface area contributed by atoms with E-state index in [0.717, 1.165) is 11.3 Å². The van der Waals surface area contributed by atoms with E-state index in [4.69, 9.17) is 16.7 Å². The van der Waals surface area contributed by atoms with Crippen molar-refractivity contribution in [1.82, 2.24) is 0 Å². The number of carbonyl (C=O) groups excluding carboxylic acids is 1. The minimum Gasteiger partial charge on any atom is -0.477 e. The average molecular weight is 361 g/mol. The quantitative estimate of drug-likeness (QED) is 0.865. The molecule has 0 bridgehead atoms. The second-order valence-corrected chi connectivity index (χ2v) is 5.90. The molecule has 0 radical (unpaired) electrons. The Labute approximate surface area is 126 Å². The predicted octanol–water partition coefficient (Wildman–Crippen LogP) is 4.11. The largest absolute Gasteiger partial charge is 0.477 e. The summed E-state index contributed by atoms with van der Waals surface area (Å²) in [4.78, 5) is 22.8. The van der Waals surface area contributed by atoms with Crippen LogP contribution >= 0.6 is 38.9 Å². The maximum Gasteiger partial charge on any atom is 0.345 e. The predicted molar refractivity (Wildman–Crippen MR) is 78.4 cm³/mol. The van der Waals surface area contributed by atoms with Crippen molar-refractivity contribution in [2.75, 3.05) is 5.32 Å². The van der Waals surface area contributed by atoms with Gasteiger partial charge >= 0.3 is 5.97 Å². The first-order valence-corrected chi connectivity index (χ1v) is 7.05. The number of anilines is 1. The lowest BCUT2D eigenvalue weighted by molar-refractivity contribution is 0.0702. The monoisotopic (exact) mass is 359 g/mol. The Bertz CT molecular complexity index is 656. The van der Waals surface area contributed by atoms with Gasteiger partial charge < -0.3 is 10.4 Å². The third kappa shape index (κ3) is 3.34. The van der Waals surface area contributed by atoms with Crippen LogP contribution in [-0.4, -0.2) is 17.0 Å². The van der Waals surface area contributed by atoms with Crippen LogP contribution in [-0.2, 0) is 0 Å². The summed E-state index contributed by atoms with van der Waals surface area (Å²) >= 11 is 10.1. The molecule has 1 heterocycles. The van der Waals surface area contributed by atoms with Crippen molar-refractivity contribution in [2.45, 2.75) is 0 Å². The minimum absolute atomic E-state index is 0.170. The Kier molecular flexibility index (Phi) is 4.24. The van der Waals surface area contributed by atoms with Gasteiger partial charge in [0, 0.05) is 10.0 Å². The summed E-state index contributed by atoms with van der Waals surface area (Å²) in [7, 11) is 0. The maximum atomic E-state index is 11.9. The Morgan fingerprint density at radius 2 is 2.00 bits per heavy atom. The molecule has 0 aliphatic heterocycles. The lowest BCUT2D eigenvalue weighted by Crippen LogP contribution is -2.10. The third-order valence-corrected chi connectivity index (χ3v) is 4.46. The van der Waals surface area contributed by atoms with Gasteiger partial charge in [-0.15, -0.1) is 11.3 Å². The van der Waals surface area contributed by atoms with Crippen LogP contribution in [0.25, 0.3) is 0 Å². The molecule has 19 heavy (non-hydrogen) atoms. The fraction of sp³-hybridized carbons (Fsp3) is 0. The van der Waals surface area contributed by atoms with Crippen molar-refractivity contribution < 1.29 is 14.7 Å². The molecule has 98 valence electrons. The van der Waals surface area contributed by atoms with E-state index in [9.17, 15) is 9.59 Å². The molecule has 0 saturated heterocycles. The van der Waals surface area contributed by atoms with Gasteiger partial charge in [0.05, 0.1) is 10.0 Å². The second kappa shape index (κ2) is 5.73. The van der Waals surface area contributed by atoms with Crippen LogP contribution in [0.15, 0.2) is 34.8 Å². The molecule has 0 saturated carbocycles. The number of amides is 1. The van der Waals surface area contributed by atoms with E-state index in [1.807, 2.05) is 0 Å². The first-order valence-electron chi connectivity index (χ1n) is 5.07. The van der Waals surface area contributed by atoms with E-state index in [2.05, 4.69) is 21.2 Å². The Balaban J connectivity index is 2.15. The molecule has 1 aromatic carbocycles. The van der Waals surface area contributed by atoms with Crippen molar-refractivity contribution in [3.05, 3.63) is 50.3 Å². The van der Waals surface area contributed by atoms with Crippen molar-refractivity contribution in [3.63, 3.8) is 0 Å². The van der Waals surface area contributed by atoms with Crippen LogP contribution in [0.2, 0.25) is 5.02 Å². The lowest BCUT2D eigenvalue weighted by Gasteiger charge is -2.03. The summed E-state index contributed by atoms with van der Waals surface area (Å²) in [5.74, 6) is -1.36. The summed E-state index contributed by atoms with van der Waals surface area (Å²) in [6.45, 7) is 0. The summed E-state index contributed by atoms with van der Waals surface area (Å²) in [5.41, 5.74) is 0.401. The Morgan fingerprint density at radius 3 is 2.58 bits per heavy atom. The number of hydrogen-bond acceptors (Lipinski definition) is 3. The molecule has 0 unspecified atom stereocenters. The van der Waals surface area contributed by atoms with E-state index in [1.165, 1.54) is 12.1 Å². The standard InChI is InChI=1S/C12H7BrClNO3S/c13-7-2-1-6(5-8(7)14)11(16)15-10-4-3-9(19-10)12(17)18/h1-5H,(H,15,16)(H,17,18). The number of halogens is 2. The van der Waals surface area contributed by atoms with E-state index in [0.29, 0.717) is 20.1 Å². The van der Waals surface area contributed by atoms with Crippen LogP contribution in [0.1, 0.15) is 20.0 Å². The van der Waals surface area contributed by atoms with Crippen LogP contribution in [0, 0.1) is 0 Å². The van der Waals surface area contributed by atoms with Crippen molar-refractivity contribution >= 4 is 55.7 Å². The number of carboxylic acids is 1. The topological polar surface area (TPSA) is 66.4 Å². The zero-order chi connectivity index (χ0) is 14.0. The molecule has 0 fully saturated rings. The average Bonchev–Trinajstić information content (AvgIpc) is 2.81. The van der Waals surface area contributed by atoms with Gasteiger partial charge in [0.2, 0.25) is 0 Å². The molecular weight excluding hydrogens is 354 g/mol. The number of carbonyl (C=O) groups is 2. The summed E-state index contributed by atoms with van der Waals surface area (Å²) in [6, 6.07) is 7.82. The first-order chi connectivity index (χ1) is 8.97. The highest BCUT2D eigenvalue weighted by Gasteiger charge is 2.11. The van der Waals surface area contributed by atoms with E-state index in [1.54, 1.807) is 18.2 Å². The van der Waals surface area contributed by atoms with Crippen molar-refractivity contribution in [2.24, 2.45) is 0 Å². The summed E-state index contributed by atoms with van der Waals surface area (Å²) in [6.07, 6.45) is 0. The highest BCUT2D eigenvalue weighted by atomic mass is 79.9. The highest BCUT2D eigenvalue weighted by molar-refractivity contribution is 9.10. The number of aromatic carboxylic acids is 1. The molecule has 0 aliphatic carbocycles. The maximum absolute atomic E-state index is 11.9. The molecule has 2 aromatic rings. The molecule has 2 rings (SSSR count). The Hall–Kier alpha value is -1.37. The van der Waals surface area contributed by atoms with Gasteiger partial charge in [-0.1, -0.05) is 11.6 Å². The highest BCUT2D eigenvalue weighted by Crippen LogP contribution is 2.25. The number of carboxylic acid groups (broad SMARTS) is 1. The second-order valence-electron chi connectivity index (χ2n) is 3.55. The normalized spacial score (nSPS) is 10.2. The van der Waals surface area contributed by atoms with Crippen LogP contribution in [0.3, 0.4) is 0 Å². The molecule has 1 aromatic heterocycles. The number of hydrogen-bond donors (Lipinski definition) is 2. The van der Waals surface area contributed by atoms with Gasteiger partial charge in [-0.2, -0.15) is 0 Å². The molecular formula is C12H7BrClNO3S. The van der Waals surface area contributed by atoms with Crippen molar-refractivity contribution in [1.29, 1.82) is 0 Å². The van der Waals surface area contributed by atoms with E-state index >= 15 is 0 Å². The molecule has 2 N–H and O–H groups in total. The fourth-order valence-corrected chi connectivity index (χ4v) is 2.51. The minimum atomic E-state index is -1.02. The zero-order valence-corrected chi connectivity index (χ0v) is 12.5.